The van der Waals surface area contributed by atoms with Gasteiger partial charge in [-0.1, -0.05) is 6.92 Å². The van der Waals surface area contributed by atoms with Crippen molar-refractivity contribution in [3.05, 3.63) is 35.7 Å². The maximum atomic E-state index is 12.2. The molecular weight excluding hydrogens is 330 g/mol. The minimum Gasteiger partial charge on any atom is -0.331 e. The number of hydrogen-bond donors (Lipinski definition) is 2. The number of carbonyl (C=O) groups is 1. The maximum absolute atomic E-state index is 12.2. The summed E-state index contributed by atoms with van der Waals surface area (Å²) >= 11 is 0. The van der Waals surface area contributed by atoms with Crippen LogP contribution in [0.2, 0.25) is 0 Å². The molecule has 0 spiro atoms. The zero-order chi connectivity index (χ0) is 18.1. The molecule has 0 saturated heterocycles. The molecule has 26 heavy (non-hydrogen) atoms. The molecule has 2 amide bonds. The summed E-state index contributed by atoms with van der Waals surface area (Å²) in [6, 6.07) is 5.57. The highest BCUT2D eigenvalue weighted by Gasteiger charge is 2.17. The molecule has 0 radical (unpaired) electrons. The Labute approximate surface area is 151 Å². The van der Waals surface area contributed by atoms with Gasteiger partial charge >= 0.3 is 6.03 Å². The van der Waals surface area contributed by atoms with E-state index in [2.05, 4.69) is 48.8 Å². The summed E-state index contributed by atoms with van der Waals surface area (Å²) in [5.41, 5.74) is 2.72. The molecule has 136 valence electrons. The second-order valence-corrected chi connectivity index (χ2v) is 6.42. The molecule has 0 unspecified atom stereocenters. The van der Waals surface area contributed by atoms with E-state index in [1.165, 1.54) is 0 Å². The Morgan fingerprint density at radius 3 is 2.92 bits per heavy atom. The summed E-state index contributed by atoms with van der Waals surface area (Å²) in [5, 5.41) is 14.0. The van der Waals surface area contributed by atoms with Crippen molar-refractivity contribution in [3.63, 3.8) is 0 Å². The summed E-state index contributed by atoms with van der Waals surface area (Å²) in [4.78, 5) is 16.9. The minimum absolute atomic E-state index is 0.259. The summed E-state index contributed by atoms with van der Waals surface area (Å²) in [5.74, 6) is 2.87. The third kappa shape index (κ3) is 2.91. The molecule has 3 heterocycles. The first-order valence-corrected chi connectivity index (χ1v) is 9.14. The van der Waals surface area contributed by atoms with Crippen molar-refractivity contribution in [2.45, 2.75) is 52.7 Å². The Morgan fingerprint density at radius 1 is 1.23 bits per heavy atom. The SMILES string of the molecule is CCc1nc2cc(NC(=O)NCc3nnc4n3CCC4)ccc2n1CC. The van der Waals surface area contributed by atoms with Crippen LogP contribution in [0.5, 0.6) is 0 Å². The fourth-order valence-corrected chi connectivity index (χ4v) is 3.56. The molecule has 8 nitrogen and oxygen atoms in total. The predicted molar refractivity (Wildman–Crippen MR) is 99.0 cm³/mol. The largest absolute Gasteiger partial charge is 0.331 e. The number of fused-ring (bicyclic) bond motifs is 2. The summed E-state index contributed by atoms with van der Waals surface area (Å²) in [7, 11) is 0. The number of benzene rings is 1. The van der Waals surface area contributed by atoms with Gasteiger partial charge in [-0.3, -0.25) is 0 Å². The number of carbonyl (C=O) groups excluding carboxylic acids is 1. The molecule has 8 heteroatoms. The van der Waals surface area contributed by atoms with Gasteiger partial charge in [-0.15, -0.1) is 10.2 Å². The number of aromatic nitrogens is 5. The molecule has 0 saturated carbocycles. The van der Waals surface area contributed by atoms with Crippen molar-refractivity contribution < 1.29 is 4.79 Å². The average molecular weight is 353 g/mol. The van der Waals surface area contributed by atoms with Crippen molar-refractivity contribution in [3.8, 4) is 0 Å². The highest BCUT2D eigenvalue weighted by molar-refractivity contribution is 5.92. The van der Waals surface area contributed by atoms with Crippen LogP contribution in [-0.4, -0.2) is 30.3 Å². The van der Waals surface area contributed by atoms with E-state index >= 15 is 0 Å². The number of anilines is 1. The first-order chi connectivity index (χ1) is 12.7. The Morgan fingerprint density at radius 2 is 2.12 bits per heavy atom. The highest BCUT2D eigenvalue weighted by Crippen LogP contribution is 2.21. The highest BCUT2D eigenvalue weighted by atomic mass is 16.2. The lowest BCUT2D eigenvalue weighted by Gasteiger charge is -2.08. The Balaban J connectivity index is 1.43. The third-order valence-electron chi connectivity index (χ3n) is 4.81. The normalized spacial score (nSPS) is 13.2. The molecule has 1 aliphatic heterocycles. The van der Waals surface area contributed by atoms with Crippen LogP contribution in [0.15, 0.2) is 18.2 Å². The van der Waals surface area contributed by atoms with Crippen molar-refractivity contribution in [1.82, 2.24) is 29.6 Å². The van der Waals surface area contributed by atoms with Crippen molar-refractivity contribution in [2.75, 3.05) is 5.32 Å². The Bertz CT molecular complexity index is 956. The van der Waals surface area contributed by atoms with Gasteiger partial charge in [0.05, 0.1) is 17.6 Å². The molecule has 0 fully saturated rings. The second kappa shape index (κ2) is 6.78. The lowest BCUT2D eigenvalue weighted by molar-refractivity contribution is 0.251. The van der Waals surface area contributed by atoms with Gasteiger partial charge in [0.1, 0.15) is 11.6 Å². The number of urea groups is 1. The van der Waals surface area contributed by atoms with E-state index < -0.39 is 0 Å². The smallest absolute Gasteiger partial charge is 0.319 e. The van der Waals surface area contributed by atoms with Crippen LogP contribution >= 0.6 is 0 Å². The zero-order valence-corrected chi connectivity index (χ0v) is 15.1. The number of nitrogens with one attached hydrogen (secondary N) is 2. The summed E-state index contributed by atoms with van der Waals surface area (Å²) < 4.78 is 4.28. The fourth-order valence-electron chi connectivity index (χ4n) is 3.56. The first kappa shape index (κ1) is 16.6. The lowest BCUT2D eigenvalue weighted by atomic mass is 10.2. The van der Waals surface area contributed by atoms with Gasteiger partial charge < -0.3 is 19.8 Å². The number of imidazole rings is 1. The lowest BCUT2D eigenvalue weighted by Crippen LogP contribution is -2.29. The topological polar surface area (TPSA) is 89.7 Å². The molecule has 2 aromatic heterocycles. The van der Waals surface area contributed by atoms with E-state index in [4.69, 9.17) is 0 Å². The molecule has 2 N–H and O–H groups in total. The third-order valence-corrected chi connectivity index (χ3v) is 4.81. The maximum Gasteiger partial charge on any atom is 0.319 e. The number of hydrogen-bond acceptors (Lipinski definition) is 4. The quantitative estimate of drug-likeness (QED) is 0.737. The van der Waals surface area contributed by atoms with E-state index in [-0.39, 0.29) is 6.03 Å². The van der Waals surface area contributed by atoms with Crippen molar-refractivity contribution in [2.24, 2.45) is 0 Å². The van der Waals surface area contributed by atoms with E-state index in [9.17, 15) is 4.79 Å². The molecule has 3 aromatic rings. The molecule has 0 atom stereocenters. The van der Waals surface area contributed by atoms with Gasteiger partial charge in [0.2, 0.25) is 0 Å². The van der Waals surface area contributed by atoms with E-state index in [0.717, 1.165) is 66.5 Å². The molecule has 0 bridgehead atoms. The van der Waals surface area contributed by atoms with Crippen LogP contribution in [-0.2, 0) is 32.5 Å². The number of nitrogens with zero attached hydrogens (tertiary/aromatic N) is 5. The van der Waals surface area contributed by atoms with Crippen molar-refractivity contribution >= 4 is 22.8 Å². The van der Waals surface area contributed by atoms with Crippen LogP contribution in [0.1, 0.15) is 37.7 Å². The average Bonchev–Trinajstić information content (AvgIpc) is 3.33. The molecular formula is C18H23N7O. The van der Waals surface area contributed by atoms with Gasteiger partial charge in [0, 0.05) is 31.6 Å². The van der Waals surface area contributed by atoms with Gasteiger partial charge in [0.15, 0.2) is 5.82 Å². The van der Waals surface area contributed by atoms with Crippen LogP contribution in [0.25, 0.3) is 11.0 Å². The van der Waals surface area contributed by atoms with Gasteiger partial charge in [-0.2, -0.15) is 0 Å². The second-order valence-electron chi connectivity index (χ2n) is 6.42. The van der Waals surface area contributed by atoms with E-state index in [0.29, 0.717) is 6.54 Å². The molecule has 0 aliphatic carbocycles. The van der Waals surface area contributed by atoms with E-state index in [1.54, 1.807) is 0 Å². The van der Waals surface area contributed by atoms with Gasteiger partial charge in [0.25, 0.3) is 0 Å². The van der Waals surface area contributed by atoms with Crippen LogP contribution < -0.4 is 10.6 Å². The van der Waals surface area contributed by atoms with Crippen LogP contribution in [0, 0.1) is 0 Å². The molecule has 1 aromatic carbocycles. The Hall–Kier alpha value is -2.90. The molecule has 1 aliphatic rings. The standard InChI is InChI=1S/C18H23N7O/c1-3-15-21-13-10-12(7-8-14(13)24(15)4-2)20-18(26)19-11-17-23-22-16-6-5-9-25(16)17/h7-8,10H,3-6,9,11H2,1-2H3,(H2,19,20,26). The first-order valence-electron chi connectivity index (χ1n) is 9.14. The number of aryl methyl sites for hydroxylation is 3. The molecule has 4 rings (SSSR count). The van der Waals surface area contributed by atoms with Crippen LogP contribution in [0.4, 0.5) is 10.5 Å². The number of amides is 2. The van der Waals surface area contributed by atoms with Gasteiger partial charge in [-0.25, -0.2) is 9.78 Å². The van der Waals surface area contributed by atoms with Crippen LogP contribution in [0.3, 0.4) is 0 Å². The fraction of sp³-hybridized carbons (Fsp3) is 0.444. The zero-order valence-electron chi connectivity index (χ0n) is 15.1. The van der Waals surface area contributed by atoms with E-state index in [1.807, 2.05) is 18.2 Å². The number of rotatable bonds is 5. The van der Waals surface area contributed by atoms with Gasteiger partial charge in [-0.05, 0) is 31.5 Å². The minimum atomic E-state index is -0.259. The summed E-state index contributed by atoms with van der Waals surface area (Å²) in [6.45, 7) is 6.39. The Kier molecular flexibility index (Phi) is 4.32. The van der Waals surface area contributed by atoms with Crippen molar-refractivity contribution in [1.29, 1.82) is 0 Å². The summed E-state index contributed by atoms with van der Waals surface area (Å²) in [6.07, 6.45) is 2.94. The predicted octanol–water partition coefficient (Wildman–Crippen LogP) is 2.48. The monoisotopic (exact) mass is 353 g/mol.